The molecule has 6 rings (SSSR count). The highest BCUT2D eigenvalue weighted by molar-refractivity contribution is 7.71. The van der Waals surface area contributed by atoms with Gasteiger partial charge in [-0.15, -0.1) is 0 Å². The standard InChI is InChI=1S/C30H38ClN10O2P/c1-39-15-17-40(18-16-39)20-9-13-41(14-10-20)25-8-7-24(29(37-25)43-2)36-30-34-19-21(31)28(38-30)35-23-6-5-22-26(33-12-11-32-22)27(23)44(3,4)42/h5-8,11-12,19-20H,9-10,13-18H2,1-4H3,(H2,34,35,36,38). The van der Waals surface area contributed by atoms with Crippen LogP contribution in [0.1, 0.15) is 12.8 Å². The predicted octanol–water partition coefficient (Wildman–Crippen LogP) is 4.43. The second-order valence-corrected chi connectivity index (χ2v) is 15.2. The number of hydrogen-bond acceptors (Lipinski definition) is 12. The fourth-order valence-electron chi connectivity index (χ4n) is 5.94. The van der Waals surface area contributed by atoms with Gasteiger partial charge in [-0.2, -0.15) is 9.97 Å². The van der Waals surface area contributed by atoms with E-state index in [9.17, 15) is 4.57 Å². The maximum atomic E-state index is 13.3. The number of hydrogen-bond donors (Lipinski definition) is 2. The molecule has 0 saturated carbocycles. The van der Waals surface area contributed by atoms with Gasteiger partial charge in [0.05, 0.1) is 29.8 Å². The molecule has 2 aliphatic rings. The third-order valence-corrected chi connectivity index (χ3v) is 10.1. The minimum absolute atomic E-state index is 0.302. The van der Waals surface area contributed by atoms with Crippen LogP contribution < -0.4 is 25.6 Å². The Morgan fingerprint density at radius 2 is 1.64 bits per heavy atom. The fraction of sp³-hybridized carbons (Fsp3) is 0.433. The number of halogens is 1. The summed E-state index contributed by atoms with van der Waals surface area (Å²) in [6, 6.07) is 8.21. The van der Waals surface area contributed by atoms with E-state index in [1.165, 1.54) is 6.20 Å². The van der Waals surface area contributed by atoms with Crippen LogP contribution in [0.2, 0.25) is 5.02 Å². The Kier molecular flexibility index (Phi) is 8.87. The van der Waals surface area contributed by atoms with E-state index in [1.54, 1.807) is 32.8 Å². The van der Waals surface area contributed by atoms with Crippen molar-refractivity contribution in [2.45, 2.75) is 18.9 Å². The molecule has 0 radical (unpaired) electrons. The molecule has 2 N–H and O–H groups in total. The molecule has 2 fully saturated rings. The number of pyridine rings is 1. The van der Waals surface area contributed by atoms with Crippen molar-refractivity contribution in [2.75, 3.05) is 82.3 Å². The summed E-state index contributed by atoms with van der Waals surface area (Å²) in [5.41, 5.74) is 2.47. The lowest BCUT2D eigenvalue weighted by Gasteiger charge is -2.42. The van der Waals surface area contributed by atoms with Gasteiger partial charge in [0.25, 0.3) is 0 Å². The molecule has 0 atom stereocenters. The summed E-state index contributed by atoms with van der Waals surface area (Å²) in [4.78, 5) is 30.0. The molecule has 2 aliphatic heterocycles. The van der Waals surface area contributed by atoms with E-state index in [0.717, 1.165) is 57.9 Å². The number of likely N-dealkylation sites (N-methyl/N-ethyl adjacent to an activating group) is 1. The van der Waals surface area contributed by atoms with Crippen LogP contribution in [0.4, 0.5) is 29.0 Å². The third kappa shape index (κ3) is 6.58. The number of nitrogens with zero attached hydrogens (tertiary/aromatic N) is 8. The van der Waals surface area contributed by atoms with Crippen molar-refractivity contribution in [3.8, 4) is 5.88 Å². The first-order chi connectivity index (χ1) is 21.2. The Morgan fingerprint density at radius 1 is 0.909 bits per heavy atom. The van der Waals surface area contributed by atoms with Gasteiger partial charge in [0.15, 0.2) is 5.82 Å². The largest absolute Gasteiger partial charge is 0.479 e. The van der Waals surface area contributed by atoms with Crippen LogP contribution in [-0.4, -0.2) is 108 Å². The molecule has 2 saturated heterocycles. The van der Waals surface area contributed by atoms with E-state index >= 15 is 0 Å². The number of nitrogens with one attached hydrogen (secondary N) is 2. The number of benzene rings is 1. The van der Waals surface area contributed by atoms with Gasteiger partial charge >= 0.3 is 0 Å². The number of rotatable bonds is 8. The monoisotopic (exact) mass is 636 g/mol. The lowest BCUT2D eigenvalue weighted by molar-refractivity contribution is 0.0981. The SMILES string of the molecule is COc1nc(N2CCC(N3CCN(C)CC3)CC2)ccc1Nc1ncc(Cl)c(Nc2ccc3nccnc3c2P(C)(C)=O)n1. The average molecular weight is 637 g/mol. The lowest BCUT2D eigenvalue weighted by Crippen LogP contribution is -2.52. The Labute approximate surface area is 262 Å². The fourth-order valence-corrected chi connectivity index (χ4v) is 7.47. The quantitative estimate of drug-likeness (QED) is 0.266. The van der Waals surface area contributed by atoms with E-state index in [-0.39, 0.29) is 0 Å². The van der Waals surface area contributed by atoms with Crippen molar-refractivity contribution in [1.29, 1.82) is 0 Å². The van der Waals surface area contributed by atoms with Crippen LogP contribution in [-0.2, 0) is 4.57 Å². The van der Waals surface area contributed by atoms with Gasteiger partial charge in [0, 0.05) is 57.7 Å². The van der Waals surface area contributed by atoms with Gasteiger partial charge in [0.2, 0.25) is 11.8 Å². The van der Waals surface area contributed by atoms with Crippen molar-refractivity contribution in [3.05, 3.63) is 47.9 Å². The Balaban J connectivity index is 1.18. The predicted molar refractivity (Wildman–Crippen MR) is 177 cm³/mol. The van der Waals surface area contributed by atoms with Gasteiger partial charge in [-0.25, -0.2) is 4.98 Å². The summed E-state index contributed by atoms with van der Waals surface area (Å²) in [5, 5.41) is 7.37. The van der Waals surface area contributed by atoms with E-state index in [4.69, 9.17) is 21.3 Å². The summed E-state index contributed by atoms with van der Waals surface area (Å²) in [6.07, 6.45) is 6.96. The molecule has 44 heavy (non-hydrogen) atoms. The molecular weight excluding hydrogens is 599 g/mol. The molecule has 0 bridgehead atoms. The highest BCUT2D eigenvalue weighted by Gasteiger charge is 2.28. The van der Waals surface area contributed by atoms with Gasteiger partial charge in [0.1, 0.15) is 29.2 Å². The zero-order chi connectivity index (χ0) is 30.8. The molecule has 0 amide bonds. The van der Waals surface area contributed by atoms with Gasteiger partial charge < -0.3 is 29.7 Å². The first kappa shape index (κ1) is 30.5. The zero-order valence-corrected chi connectivity index (χ0v) is 27.1. The van der Waals surface area contributed by atoms with Crippen molar-refractivity contribution in [1.82, 2.24) is 34.7 Å². The Hall–Kier alpha value is -3.57. The number of methoxy groups -OCH3 is 1. The smallest absolute Gasteiger partial charge is 0.239 e. The van der Waals surface area contributed by atoms with Crippen molar-refractivity contribution >= 4 is 64.0 Å². The Morgan fingerprint density at radius 3 is 2.36 bits per heavy atom. The van der Waals surface area contributed by atoms with Crippen LogP contribution in [0, 0.1) is 0 Å². The molecule has 5 heterocycles. The number of piperazine rings is 1. The summed E-state index contributed by atoms with van der Waals surface area (Å²) < 4.78 is 19.0. The first-order valence-corrected chi connectivity index (χ1v) is 17.8. The minimum atomic E-state index is -2.76. The number of anilines is 5. The number of piperidine rings is 1. The molecule has 3 aromatic heterocycles. The molecule has 12 nitrogen and oxygen atoms in total. The number of ether oxygens (including phenoxy) is 1. The van der Waals surface area contributed by atoms with Gasteiger partial charge in [-0.05, 0) is 57.5 Å². The van der Waals surface area contributed by atoms with Crippen molar-refractivity contribution in [3.63, 3.8) is 0 Å². The molecule has 14 heteroatoms. The molecule has 0 spiro atoms. The maximum absolute atomic E-state index is 13.3. The van der Waals surface area contributed by atoms with Crippen LogP contribution in [0.15, 0.2) is 42.9 Å². The normalized spacial score (nSPS) is 17.2. The van der Waals surface area contributed by atoms with Crippen LogP contribution in [0.25, 0.3) is 11.0 Å². The van der Waals surface area contributed by atoms with Gasteiger partial charge in [-0.3, -0.25) is 14.9 Å². The van der Waals surface area contributed by atoms with E-state index in [1.807, 2.05) is 24.3 Å². The van der Waals surface area contributed by atoms with Crippen molar-refractivity contribution < 1.29 is 9.30 Å². The molecule has 0 unspecified atom stereocenters. The molecule has 4 aromatic rings. The summed E-state index contributed by atoms with van der Waals surface area (Å²) in [6.45, 7) is 9.90. The Bertz CT molecular complexity index is 1690. The summed E-state index contributed by atoms with van der Waals surface area (Å²) in [5.74, 6) is 1.99. The van der Waals surface area contributed by atoms with Crippen LogP contribution in [0.3, 0.4) is 0 Å². The highest BCUT2D eigenvalue weighted by atomic mass is 35.5. The molecule has 0 aliphatic carbocycles. The maximum Gasteiger partial charge on any atom is 0.239 e. The second kappa shape index (κ2) is 12.8. The third-order valence-electron chi connectivity index (χ3n) is 8.28. The van der Waals surface area contributed by atoms with Gasteiger partial charge in [-0.1, -0.05) is 11.6 Å². The van der Waals surface area contributed by atoms with E-state index in [2.05, 4.69) is 52.3 Å². The highest BCUT2D eigenvalue weighted by Crippen LogP contribution is 2.41. The topological polar surface area (TPSA) is 125 Å². The zero-order valence-electron chi connectivity index (χ0n) is 25.5. The first-order valence-electron chi connectivity index (χ1n) is 14.8. The average Bonchev–Trinajstić information content (AvgIpc) is 3.02. The number of aromatic nitrogens is 5. The molecular formula is C30H38ClN10O2P. The van der Waals surface area contributed by atoms with Crippen molar-refractivity contribution in [2.24, 2.45) is 0 Å². The van der Waals surface area contributed by atoms with E-state index in [0.29, 0.717) is 56.4 Å². The lowest BCUT2D eigenvalue weighted by atomic mass is 10.0. The molecule has 232 valence electrons. The summed E-state index contributed by atoms with van der Waals surface area (Å²) >= 11 is 6.51. The summed E-state index contributed by atoms with van der Waals surface area (Å²) in [7, 11) is 1.04. The van der Waals surface area contributed by atoms with E-state index < -0.39 is 7.14 Å². The van der Waals surface area contributed by atoms with Crippen LogP contribution in [0.5, 0.6) is 5.88 Å². The van der Waals surface area contributed by atoms with Crippen LogP contribution >= 0.6 is 18.7 Å². The molecule has 1 aromatic carbocycles. The number of fused-ring (bicyclic) bond motifs is 1. The second-order valence-electron chi connectivity index (χ2n) is 11.7. The minimum Gasteiger partial charge on any atom is -0.479 e.